The van der Waals surface area contributed by atoms with E-state index in [1.165, 1.54) is 11.1 Å². The third-order valence-corrected chi connectivity index (χ3v) is 3.53. The summed E-state index contributed by atoms with van der Waals surface area (Å²) in [6, 6.07) is 18.8. The van der Waals surface area contributed by atoms with Crippen LogP contribution in [-0.2, 0) is 6.54 Å². The van der Waals surface area contributed by atoms with Gasteiger partial charge in [-0.15, -0.1) is 0 Å². The largest absolute Gasteiger partial charge is 0.497 e. The van der Waals surface area contributed by atoms with Gasteiger partial charge in [0.2, 0.25) is 0 Å². The Morgan fingerprint density at radius 3 is 2.25 bits per heavy atom. The van der Waals surface area contributed by atoms with Crippen molar-refractivity contribution in [3.8, 4) is 5.75 Å². The molecule has 0 saturated carbocycles. The molecule has 2 rings (SSSR count). The first kappa shape index (κ1) is 14.6. The first-order valence-electron chi connectivity index (χ1n) is 6.82. The highest BCUT2D eigenvalue weighted by atomic mass is 16.5. The maximum absolute atomic E-state index is 5.94. The van der Waals surface area contributed by atoms with Crippen molar-refractivity contribution in [2.45, 2.75) is 12.6 Å². The van der Waals surface area contributed by atoms with Crippen molar-refractivity contribution in [3.05, 3.63) is 65.7 Å². The maximum atomic E-state index is 5.94. The summed E-state index contributed by atoms with van der Waals surface area (Å²) in [6.45, 7) is 1.47. The van der Waals surface area contributed by atoms with E-state index in [1.54, 1.807) is 7.11 Å². The van der Waals surface area contributed by atoms with E-state index in [-0.39, 0.29) is 6.04 Å². The van der Waals surface area contributed by atoms with Crippen LogP contribution in [0.15, 0.2) is 54.6 Å². The van der Waals surface area contributed by atoms with Crippen molar-refractivity contribution in [1.29, 1.82) is 0 Å². The number of rotatable bonds is 6. The predicted octanol–water partition coefficient (Wildman–Crippen LogP) is 2.83. The second-order valence-electron chi connectivity index (χ2n) is 4.93. The Balaban J connectivity index is 2.07. The minimum atomic E-state index is 0.235. The molecule has 0 saturated heterocycles. The third-order valence-electron chi connectivity index (χ3n) is 3.53. The van der Waals surface area contributed by atoms with Crippen LogP contribution in [0, 0.1) is 0 Å². The molecule has 1 unspecified atom stereocenters. The lowest BCUT2D eigenvalue weighted by molar-refractivity contribution is 0.241. The molecule has 2 aromatic rings. The average molecular weight is 270 g/mol. The molecular weight excluding hydrogens is 248 g/mol. The molecule has 0 fully saturated rings. The van der Waals surface area contributed by atoms with Crippen LogP contribution < -0.4 is 10.5 Å². The number of hydrogen-bond acceptors (Lipinski definition) is 3. The second-order valence-corrected chi connectivity index (χ2v) is 4.93. The van der Waals surface area contributed by atoms with Crippen LogP contribution >= 0.6 is 0 Å². The normalized spacial score (nSPS) is 12.4. The van der Waals surface area contributed by atoms with E-state index in [1.807, 2.05) is 18.2 Å². The van der Waals surface area contributed by atoms with Crippen LogP contribution in [0.4, 0.5) is 0 Å². The fourth-order valence-corrected chi connectivity index (χ4v) is 2.37. The quantitative estimate of drug-likeness (QED) is 0.877. The summed E-state index contributed by atoms with van der Waals surface area (Å²) in [7, 11) is 3.79. The maximum Gasteiger partial charge on any atom is 0.118 e. The number of methoxy groups -OCH3 is 1. The summed E-state index contributed by atoms with van der Waals surface area (Å²) in [6.07, 6.45) is 0. The van der Waals surface area contributed by atoms with Gasteiger partial charge in [0.15, 0.2) is 0 Å². The van der Waals surface area contributed by atoms with Crippen LogP contribution in [0.1, 0.15) is 17.2 Å². The average Bonchev–Trinajstić information content (AvgIpc) is 2.50. The van der Waals surface area contributed by atoms with Gasteiger partial charge in [0, 0.05) is 19.1 Å². The zero-order valence-corrected chi connectivity index (χ0v) is 12.1. The molecule has 2 N–H and O–H groups in total. The lowest BCUT2D eigenvalue weighted by Gasteiger charge is -2.27. The molecule has 1 atom stereocenters. The summed E-state index contributed by atoms with van der Waals surface area (Å²) in [5, 5.41) is 0. The number of nitrogens with two attached hydrogens (primary N) is 1. The first-order valence-corrected chi connectivity index (χ1v) is 6.82. The molecule has 0 aromatic heterocycles. The van der Waals surface area contributed by atoms with Crippen molar-refractivity contribution < 1.29 is 4.74 Å². The van der Waals surface area contributed by atoms with Crippen molar-refractivity contribution in [2.24, 2.45) is 5.73 Å². The highest BCUT2D eigenvalue weighted by molar-refractivity contribution is 5.27. The van der Waals surface area contributed by atoms with Crippen LogP contribution in [0.25, 0.3) is 0 Å². The van der Waals surface area contributed by atoms with Crippen LogP contribution in [0.3, 0.4) is 0 Å². The zero-order chi connectivity index (χ0) is 14.4. The van der Waals surface area contributed by atoms with Gasteiger partial charge in [0.05, 0.1) is 7.11 Å². The third kappa shape index (κ3) is 3.59. The molecule has 3 nitrogen and oxygen atoms in total. The standard InChI is InChI=1S/C17H22N2O/c1-19(13-14-8-10-16(20-2)11-9-14)17(12-18)15-6-4-3-5-7-15/h3-11,17H,12-13,18H2,1-2H3. The molecule has 0 bridgehead atoms. The van der Waals surface area contributed by atoms with Gasteiger partial charge < -0.3 is 10.5 Å². The lowest BCUT2D eigenvalue weighted by Crippen LogP contribution is -2.30. The molecular formula is C17H22N2O. The molecule has 2 aromatic carbocycles. The highest BCUT2D eigenvalue weighted by Gasteiger charge is 2.15. The molecule has 0 spiro atoms. The summed E-state index contributed by atoms with van der Waals surface area (Å²) >= 11 is 0. The van der Waals surface area contributed by atoms with Gasteiger partial charge in [0.1, 0.15) is 5.75 Å². The van der Waals surface area contributed by atoms with Gasteiger partial charge in [-0.3, -0.25) is 4.90 Å². The van der Waals surface area contributed by atoms with Gasteiger partial charge >= 0.3 is 0 Å². The molecule has 20 heavy (non-hydrogen) atoms. The van der Waals surface area contributed by atoms with Crippen molar-refractivity contribution >= 4 is 0 Å². The SMILES string of the molecule is COc1ccc(CN(C)C(CN)c2ccccc2)cc1. The van der Waals surface area contributed by atoms with E-state index in [0.717, 1.165) is 12.3 Å². The van der Waals surface area contributed by atoms with Gasteiger partial charge in [-0.1, -0.05) is 42.5 Å². The van der Waals surface area contributed by atoms with Gasteiger partial charge in [-0.2, -0.15) is 0 Å². The van der Waals surface area contributed by atoms with Crippen LogP contribution in [-0.4, -0.2) is 25.6 Å². The Hall–Kier alpha value is -1.84. The molecule has 0 amide bonds. The van der Waals surface area contributed by atoms with Gasteiger partial charge in [-0.05, 0) is 30.3 Å². The smallest absolute Gasteiger partial charge is 0.118 e. The zero-order valence-electron chi connectivity index (χ0n) is 12.1. The molecule has 3 heteroatoms. The number of benzene rings is 2. The van der Waals surface area contributed by atoms with Crippen LogP contribution in [0.2, 0.25) is 0 Å². The Morgan fingerprint density at radius 1 is 1.05 bits per heavy atom. The van der Waals surface area contributed by atoms with E-state index in [2.05, 4.69) is 48.3 Å². The lowest BCUT2D eigenvalue weighted by atomic mass is 10.1. The van der Waals surface area contributed by atoms with Crippen molar-refractivity contribution in [1.82, 2.24) is 4.90 Å². The number of ether oxygens (including phenoxy) is 1. The minimum Gasteiger partial charge on any atom is -0.497 e. The molecule has 0 aliphatic heterocycles. The Bertz CT molecular complexity index is 510. The van der Waals surface area contributed by atoms with E-state index in [9.17, 15) is 0 Å². The van der Waals surface area contributed by atoms with Gasteiger partial charge in [-0.25, -0.2) is 0 Å². The molecule has 0 aliphatic rings. The van der Waals surface area contributed by atoms with E-state index >= 15 is 0 Å². The Morgan fingerprint density at radius 2 is 1.70 bits per heavy atom. The van der Waals surface area contributed by atoms with E-state index < -0.39 is 0 Å². The summed E-state index contributed by atoms with van der Waals surface area (Å²) < 4.78 is 5.18. The highest BCUT2D eigenvalue weighted by Crippen LogP contribution is 2.21. The predicted molar refractivity (Wildman–Crippen MR) is 82.7 cm³/mol. The minimum absolute atomic E-state index is 0.235. The summed E-state index contributed by atoms with van der Waals surface area (Å²) in [5.41, 5.74) is 8.45. The number of likely N-dealkylation sites (N-methyl/N-ethyl adjacent to an activating group) is 1. The Kier molecular flexibility index (Phi) is 5.16. The fraction of sp³-hybridized carbons (Fsp3) is 0.294. The van der Waals surface area contributed by atoms with Gasteiger partial charge in [0.25, 0.3) is 0 Å². The first-order chi connectivity index (χ1) is 9.74. The monoisotopic (exact) mass is 270 g/mol. The molecule has 0 radical (unpaired) electrons. The van der Waals surface area contributed by atoms with Crippen LogP contribution in [0.5, 0.6) is 5.75 Å². The molecule has 0 aliphatic carbocycles. The van der Waals surface area contributed by atoms with E-state index in [0.29, 0.717) is 6.54 Å². The molecule has 0 heterocycles. The molecule has 106 valence electrons. The topological polar surface area (TPSA) is 38.5 Å². The number of nitrogens with zero attached hydrogens (tertiary/aromatic N) is 1. The summed E-state index contributed by atoms with van der Waals surface area (Å²) in [5.74, 6) is 0.884. The fourth-order valence-electron chi connectivity index (χ4n) is 2.37. The van der Waals surface area contributed by atoms with Crippen molar-refractivity contribution in [2.75, 3.05) is 20.7 Å². The Labute approximate surface area is 121 Å². The van der Waals surface area contributed by atoms with Crippen molar-refractivity contribution in [3.63, 3.8) is 0 Å². The van der Waals surface area contributed by atoms with E-state index in [4.69, 9.17) is 10.5 Å². The number of hydrogen-bond donors (Lipinski definition) is 1. The second kappa shape index (κ2) is 7.08. The summed E-state index contributed by atoms with van der Waals surface area (Å²) in [4.78, 5) is 2.27.